The molecule has 0 spiro atoms. The van der Waals surface area contributed by atoms with Gasteiger partial charge in [-0.1, -0.05) is 47.5 Å². The van der Waals surface area contributed by atoms with Gasteiger partial charge in [0, 0.05) is 16.1 Å². The minimum atomic E-state index is 0.713. The lowest BCUT2D eigenvalue weighted by molar-refractivity contribution is 0.173. The van der Waals surface area contributed by atoms with Crippen molar-refractivity contribution in [3.05, 3.63) is 57.6 Å². The van der Waals surface area contributed by atoms with Gasteiger partial charge in [0.25, 0.3) is 0 Å². The summed E-state index contributed by atoms with van der Waals surface area (Å²) in [4.78, 5) is 2.56. The van der Waals surface area contributed by atoms with Crippen LogP contribution in [-0.2, 0) is 6.42 Å². The Kier molecular flexibility index (Phi) is 7.04. The van der Waals surface area contributed by atoms with Crippen molar-refractivity contribution in [2.45, 2.75) is 57.4 Å². The highest BCUT2D eigenvalue weighted by Gasteiger charge is 2.25. The second kappa shape index (κ2) is 9.26. The van der Waals surface area contributed by atoms with Crippen molar-refractivity contribution in [2.75, 3.05) is 13.6 Å². The van der Waals surface area contributed by atoms with Gasteiger partial charge in [-0.25, -0.2) is 0 Å². The first kappa shape index (κ1) is 19.0. The van der Waals surface area contributed by atoms with E-state index in [1.54, 1.807) is 5.57 Å². The van der Waals surface area contributed by atoms with Crippen molar-refractivity contribution >= 4 is 23.2 Å². The zero-order valence-corrected chi connectivity index (χ0v) is 16.7. The molecule has 0 bridgehead atoms. The van der Waals surface area contributed by atoms with Crippen LogP contribution >= 0.6 is 23.2 Å². The maximum Gasteiger partial charge on any atom is 0.0452 e. The van der Waals surface area contributed by atoms with Crippen molar-refractivity contribution in [1.82, 2.24) is 4.90 Å². The van der Waals surface area contributed by atoms with Crippen LogP contribution in [-0.4, -0.2) is 24.5 Å². The molecule has 0 radical (unpaired) electrons. The fraction of sp³-hybridized carbons (Fsp3) is 0.545. The van der Waals surface area contributed by atoms with Crippen LogP contribution in [0.3, 0.4) is 0 Å². The summed E-state index contributed by atoms with van der Waals surface area (Å²) in [5, 5.41) is 1.51. The molecule has 0 aromatic heterocycles. The molecular weight excluding hydrogens is 349 g/mol. The number of aryl methyl sites for hydroxylation is 1. The number of hydrogen-bond donors (Lipinski definition) is 0. The Morgan fingerprint density at radius 3 is 2.56 bits per heavy atom. The second-order valence-electron chi connectivity index (χ2n) is 7.51. The van der Waals surface area contributed by atoms with Crippen LogP contribution in [0.15, 0.2) is 42.0 Å². The van der Waals surface area contributed by atoms with Gasteiger partial charge >= 0.3 is 0 Å². The summed E-state index contributed by atoms with van der Waals surface area (Å²) in [7, 11) is 2.29. The van der Waals surface area contributed by atoms with Gasteiger partial charge in [0.05, 0.1) is 0 Å². The molecule has 1 aromatic rings. The maximum absolute atomic E-state index is 6.27. The van der Waals surface area contributed by atoms with Crippen molar-refractivity contribution in [3.63, 3.8) is 0 Å². The van der Waals surface area contributed by atoms with Gasteiger partial charge in [-0.05, 0) is 94.1 Å². The molecule has 0 N–H and O–H groups in total. The zero-order chi connectivity index (χ0) is 17.6. The summed E-state index contributed by atoms with van der Waals surface area (Å²) in [6, 6.07) is 6.58. The Balaban J connectivity index is 1.41. The smallest absolute Gasteiger partial charge is 0.0452 e. The maximum atomic E-state index is 6.27. The van der Waals surface area contributed by atoms with Crippen molar-refractivity contribution in [1.29, 1.82) is 0 Å². The van der Waals surface area contributed by atoms with Gasteiger partial charge in [0.2, 0.25) is 0 Å². The first-order valence-corrected chi connectivity index (χ1v) is 10.4. The molecule has 1 fully saturated rings. The van der Waals surface area contributed by atoms with Gasteiger partial charge in [-0.15, -0.1) is 0 Å². The number of rotatable bonds is 6. The molecule has 0 aliphatic heterocycles. The van der Waals surface area contributed by atoms with Crippen LogP contribution in [0, 0.1) is 5.92 Å². The third kappa shape index (κ3) is 5.36. The van der Waals surface area contributed by atoms with Crippen molar-refractivity contribution in [2.24, 2.45) is 5.92 Å². The molecule has 0 heterocycles. The summed E-state index contributed by atoms with van der Waals surface area (Å²) >= 11 is 12.2. The predicted octanol–water partition coefficient (Wildman–Crippen LogP) is 6.69. The molecule has 0 unspecified atom stereocenters. The summed E-state index contributed by atoms with van der Waals surface area (Å²) in [6.45, 7) is 1.14. The first-order chi connectivity index (χ1) is 12.1. The van der Waals surface area contributed by atoms with E-state index < -0.39 is 0 Å². The molecule has 1 saturated carbocycles. The van der Waals surface area contributed by atoms with Crippen molar-refractivity contribution < 1.29 is 0 Å². The molecule has 136 valence electrons. The van der Waals surface area contributed by atoms with Crippen LogP contribution in [0.5, 0.6) is 0 Å². The number of benzene rings is 1. The Morgan fingerprint density at radius 2 is 1.88 bits per heavy atom. The number of nitrogens with zero attached hydrogens (tertiary/aromatic N) is 1. The third-order valence-electron chi connectivity index (χ3n) is 5.79. The van der Waals surface area contributed by atoms with E-state index in [1.165, 1.54) is 44.1 Å². The molecule has 0 saturated heterocycles. The minimum absolute atomic E-state index is 0.713. The standard InChI is InChI=1S/C22H29Cl2N/c1-25(15-5-8-19-9-12-20(23)16-22(19)24)21-13-10-18(11-14-21)17-6-3-2-4-7-17/h3,6-7,9,12,16,18,21H,2,4-5,8,10-11,13-15H2,1H3. The van der Waals surface area contributed by atoms with Crippen molar-refractivity contribution in [3.8, 4) is 0 Å². The zero-order valence-electron chi connectivity index (χ0n) is 15.2. The van der Waals surface area contributed by atoms with Gasteiger partial charge in [-0.3, -0.25) is 0 Å². The Bertz CT molecular complexity index is 627. The summed E-state index contributed by atoms with van der Waals surface area (Å²) < 4.78 is 0. The number of hydrogen-bond acceptors (Lipinski definition) is 1. The van der Waals surface area contributed by atoms with Gasteiger partial charge in [0.1, 0.15) is 0 Å². The van der Waals surface area contributed by atoms with E-state index in [0.717, 1.165) is 36.4 Å². The van der Waals surface area contributed by atoms with E-state index in [2.05, 4.69) is 36.2 Å². The van der Waals surface area contributed by atoms with Crippen LogP contribution < -0.4 is 0 Å². The average Bonchev–Trinajstić information content (AvgIpc) is 2.64. The Hall–Kier alpha value is -0.760. The molecule has 0 amide bonds. The second-order valence-corrected chi connectivity index (χ2v) is 8.35. The lowest BCUT2D eigenvalue weighted by atomic mass is 9.79. The van der Waals surface area contributed by atoms with E-state index >= 15 is 0 Å². The van der Waals surface area contributed by atoms with Crippen LogP contribution in [0.2, 0.25) is 10.0 Å². The summed E-state index contributed by atoms with van der Waals surface area (Å²) in [5.74, 6) is 0.800. The Labute approximate surface area is 162 Å². The van der Waals surface area contributed by atoms with Crippen LogP contribution in [0.4, 0.5) is 0 Å². The molecule has 1 aromatic carbocycles. The predicted molar refractivity (Wildman–Crippen MR) is 110 cm³/mol. The SMILES string of the molecule is CN(CCCc1ccc(Cl)cc1Cl)C1CCC(C2=CCCC=C2)CC1. The minimum Gasteiger partial charge on any atom is -0.303 e. The van der Waals surface area contributed by atoms with Gasteiger partial charge in [-0.2, -0.15) is 0 Å². The van der Waals surface area contributed by atoms with E-state index in [1.807, 2.05) is 12.1 Å². The van der Waals surface area contributed by atoms with Crippen LogP contribution in [0.25, 0.3) is 0 Å². The van der Waals surface area contributed by atoms with Gasteiger partial charge < -0.3 is 4.90 Å². The quantitative estimate of drug-likeness (QED) is 0.533. The molecule has 1 nitrogen and oxygen atoms in total. The largest absolute Gasteiger partial charge is 0.303 e. The number of allylic oxidation sites excluding steroid dienone is 4. The molecule has 2 aliphatic rings. The van der Waals surface area contributed by atoms with E-state index in [9.17, 15) is 0 Å². The average molecular weight is 378 g/mol. The summed E-state index contributed by atoms with van der Waals surface area (Å²) in [6.07, 6.45) is 17.1. The van der Waals surface area contributed by atoms with E-state index in [4.69, 9.17) is 23.2 Å². The summed E-state index contributed by atoms with van der Waals surface area (Å²) in [5.41, 5.74) is 2.81. The molecule has 0 atom stereocenters. The monoisotopic (exact) mass is 377 g/mol. The van der Waals surface area contributed by atoms with E-state index in [-0.39, 0.29) is 0 Å². The normalized spacial score (nSPS) is 23.8. The highest BCUT2D eigenvalue weighted by atomic mass is 35.5. The molecule has 2 aliphatic carbocycles. The van der Waals surface area contributed by atoms with Gasteiger partial charge in [0.15, 0.2) is 0 Å². The van der Waals surface area contributed by atoms with E-state index in [0.29, 0.717) is 5.02 Å². The molecule has 3 rings (SSSR count). The highest BCUT2D eigenvalue weighted by molar-refractivity contribution is 6.35. The Morgan fingerprint density at radius 1 is 1.08 bits per heavy atom. The lowest BCUT2D eigenvalue weighted by Crippen LogP contribution is -2.36. The fourth-order valence-corrected chi connectivity index (χ4v) is 4.72. The molecular formula is C22H29Cl2N. The lowest BCUT2D eigenvalue weighted by Gasteiger charge is -2.35. The molecule has 3 heteroatoms. The highest BCUT2D eigenvalue weighted by Crippen LogP contribution is 2.34. The third-order valence-corrected chi connectivity index (χ3v) is 6.37. The molecule has 25 heavy (non-hydrogen) atoms. The first-order valence-electron chi connectivity index (χ1n) is 9.64. The topological polar surface area (TPSA) is 3.24 Å². The van der Waals surface area contributed by atoms with Crippen LogP contribution in [0.1, 0.15) is 50.5 Å². The number of halogens is 2. The fourth-order valence-electron chi connectivity index (χ4n) is 4.21.